The highest BCUT2D eigenvalue weighted by atomic mass is 16.5. The second-order valence-electron chi connectivity index (χ2n) is 12.7. The minimum atomic E-state index is 0.0403. The monoisotopic (exact) mass is 577 g/mol. The average molecular weight is 578 g/mol. The molecule has 1 aliphatic heterocycles. The van der Waals surface area contributed by atoms with Crippen molar-refractivity contribution in [2.24, 2.45) is 11.8 Å². The van der Waals surface area contributed by atoms with Crippen molar-refractivity contribution in [2.45, 2.75) is 65.5 Å². The first-order valence-corrected chi connectivity index (χ1v) is 15.5. The van der Waals surface area contributed by atoms with Crippen LogP contribution in [-0.4, -0.2) is 98.6 Å². The van der Waals surface area contributed by atoms with E-state index >= 15 is 0 Å². The molecule has 1 aliphatic carbocycles. The Balaban J connectivity index is 1.16. The van der Waals surface area contributed by atoms with Crippen LogP contribution >= 0.6 is 0 Å². The molecule has 10 heteroatoms. The van der Waals surface area contributed by atoms with Crippen LogP contribution in [0.4, 0.5) is 5.82 Å². The van der Waals surface area contributed by atoms with E-state index in [-0.39, 0.29) is 18.1 Å². The highest BCUT2D eigenvalue weighted by Gasteiger charge is 2.33. The lowest BCUT2D eigenvalue weighted by molar-refractivity contribution is -0.137. The van der Waals surface area contributed by atoms with Gasteiger partial charge in [0.25, 0.3) is 0 Å². The van der Waals surface area contributed by atoms with Crippen LogP contribution in [0.3, 0.4) is 0 Å². The van der Waals surface area contributed by atoms with Gasteiger partial charge in [-0.3, -0.25) is 9.69 Å². The summed E-state index contributed by atoms with van der Waals surface area (Å²) in [5, 5.41) is 15.1. The largest absolute Gasteiger partial charge is 0.494 e. The Kier molecular flexibility index (Phi) is 9.63. The minimum Gasteiger partial charge on any atom is -0.494 e. The number of carbonyl (C=O) groups excluding carboxylic acids is 1. The molecule has 0 spiro atoms. The summed E-state index contributed by atoms with van der Waals surface area (Å²) in [6.45, 7) is 14.6. The third-order valence-corrected chi connectivity index (χ3v) is 8.84. The zero-order valence-corrected chi connectivity index (χ0v) is 25.7. The molecule has 10 nitrogen and oxygen atoms in total. The molecule has 228 valence electrons. The fraction of sp³-hybridized carbons (Fsp3) is 0.625. The number of nitrogens with zero attached hydrogens (tertiary/aromatic N) is 7. The fourth-order valence-corrected chi connectivity index (χ4v) is 6.44. The summed E-state index contributed by atoms with van der Waals surface area (Å²) < 4.78 is 7.56. The Morgan fingerprint density at radius 3 is 2.55 bits per heavy atom. The van der Waals surface area contributed by atoms with Crippen molar-refractivity contribution >= 4 is 22.8 Å². The van der Waals surface area contributed by atoms with Crippen LogP contribution in [0.15, 0.2) is 36.8 Å². The molecular weight excluding hydrogens is 530 g/mol. The van der Waals surface area contributed by atoms with Gasteiger partial charge in [0.05, 0.1) is 31.3 Å². The number of aromatic nitrogens is 4. The molecule has 42 heavy (non-hydrogen) atoms. The Hall–Kier alpha value is -3.24. The van der Waals surface area contributed by atoms with Gasteiger partial charge in [-0.05, 0) is 77.0 Å². The number of anilines is 1. The molecule has 2 aromatic heterocycles. The summed E-state index contributed by atoms with van der Waals surface area (Å²) in [5.41, 5.74) is 1.95. The van der Waals surface area contributed by atoms with E-state index in [1.807, 2.05) is 36.0 Å². The van der Waals surface area contributed by atoms with Crippen molar-refractivity contribution in [3.05, 3.63) is 42.4 Å². The zero-order valence-electron chi connectivity index (χ0n) is 25.7. The van der Waals surface area contributed by atoms with Crippen LogP contribution in [0.1, 0.15) is 58.9 Å². The number of fused-ring (bicyclic) bond motifs is 1. The highest BCUT2D eigenvalue weighted by Crippen LogP contribution is 2.32. The van der Waals surface area contributed by atoms with Gasteiger partial charge in [-0.1, -0.05) is 12.1 Å². The van der Waals surface area contributed by atoms with Crippen molar-refractivity contribution in [3.8, 4) is 5.75 Å². The third-order valence-electron chi connectivity index (χ3n) is 8.84. The van der Waals surface area contributed by atoms with Crippen LogP contribution in [0.2, 0.25) is 0 Å². The smallest absolute Gasteiger partial charge is 0.225 e. The Bertz CT molecular complexity index is 1320. The van der Waals surface area contributed by atoms with Gasteiger partial charge in [-0.25, -0.2) is 14.6 Å². The topological polar surface area (TPSA) is 99.9 Å². The lowest BCUT2D eigenvalue weighted by atomic mass is 9.80. The Morgan fingerprint density at radius 2 is 1.86 bits per heavy atom. The lowest BCUT2D eigenvalue weighted by Crippen LogP contribution is -2.51. The number of ether oxygens (including phenoxy) is 1. The molecule has 3 aromatic rings. The molecule has 2 aliphatic rings. The van der Waals surface area contributed by atoms with Crippen molar-refractivity contribution < 1.29 is 14.6 Å². The van der Waals surface area contributed by atoms with Gasteiger partial charge in [-0.2, -0.15) is 5.10 Å². The summed E-state index contributed by atoms with van der Waals surface area (Å²) in [7, 11) is 0. The first kappa shape index (κ1) is 30.2. The molecule has 1 saturated heterocycles. The quantitative estimate of drug-likeness (QED) is 0.388. The average Bonchev–Trinajstić information content (AvgIpc) is 3.40. The van der Waals surface area contributed by atoms with Gasteiger partial charge in [0.1, 0.15) is 17.9 Å². The van der Waals surface area contributed by atoms with Crippen LogP contribution in [0.5, 0.6) is 5.75 Å². The predicted octanol–water partition coefficient (Wildman–Crippen LogP) is 3.82. The zero-order chi connectivity index (χ0) is 29.7. The molecule has 1 aromatic carbocycles. The molecule has 1 N–H and O–H groups in total. The van der Waals surface area contributed by atoms with Gasteiger partial charge in [0, 0.05) is 50.7 Å². The normalized spacial score (nSPS) is 20.0. The van der Waals surface area contributed by atoms with Gasteiger partial charge in [-0.15, -0.1) is 0 Å². The standard InChI is InChI=1S/C32H47N7O3/c1-5-42-27-8-6-7-25(19-27)22-39-30-28(20-35-39)29(33-23-34-30)36-13-15-37(16-14-36)31(41)26-11-9-24(10-12-26)21-38(17-18-40)32(2,3)4/h6-8,19-20,23-24,26,40H,5,9-18,21-22H2,1-4H3/t24-,26-. The summed E-state index contributed by atoms with van der Waals surface area (Å²) in [6.07, 6.45) is 7.54. The van der Waals surface area contributed by atoms with Crippen LogP contribution in [0.25, 0.3) is 11.0 Å². The Labute approximate surface area is 249 Å². The maximum absolute atomic E-state index is 13.5. The molecule has 0 atom stereocenters. The van der Waals surface area contributed by atoms with E-state index in [4.69, 9.17) is 4.74 Å². The number of benzene rings is 1. The van der Waals surface area contributed by atoms with Crippen molar-refractivity contribution in [2.75, 3.05) is 57.4 Å². The van der Waals surface area contributed by atoms with Crippen molar-refractivity contribution in [3.63, 3.8) is 0 Å². The number of hydrogen-bond acceptors (Lipinski definition) is 8. The number of carbonyl (C=O) groups is 1. The molecule has 0 radical (unpaired) electrons. The predicted molar refractivity (Wildman–Crippen MR) is 165 cm³/mol. The highest BCUT2D eigenvalue weighted by molar-refractivity contribution is 5.87. The maximum atomic E-state index is 13.5. The summed E-state index contributed by atoms with van der Waals surface area (Å²) in [6, 6.07) is 8.07. The van der Waals surface area contributed by atoms with Crippen molar-refractivity contribution in [1.82, 2.24) is 29.5 Å². The summed E-state index contributed by atoms with van der Waals surface area (Å²) in [5.74, 6) is 2.76. The number of piperazine rings is 1. The number of aliphatic hydroxyl groups excluding tert-OH is 1. The van der Waals surface area contributed by atoms with Crippen LogP contribution < -0.4 is 9.64 Å². The van der Waals surface area contributed by atoms with E-state index in [0.29, 0.717) is 44.6 Å². The first-order chi connectivity index (χ1) is 20.3. The minimum absolute atomic E-state index is 0.0403. The maximum Gasteiger partial charge on any atom is 0.225 e. The molecule has 0 bridgehead atoms. The van der Waals surface area contributed by atoms with Crippen molar-refractivity contribution in [1.29, 1.82) is 0 Å². The van der Waals surface area contributed by atoms with Gasteiger partial charge < -0.3 is 19.6 Å². The SMILES string of the molecule is CCOc1cccc(Cn2ncc3c(N4CCN(C(=O)[C@H]5CC[C@H](CN(CCO)C(C)(C)C)CC5)CC4)ncnc32)c1. The van der Waals surface area contributed by atoms with Crippen LogP contribution in [-0.2, 0) is 11.3 Å². The Morgan fingerprint density at radius 1 is 1.10 bits per heavy atom. The molecule has 1 amide bonds. The summed E-state index contributed by atoms with van der Waals surface area (Å²) >= 11 is 0. The number of rotatable bonds is 10. The van der Waals surface area contributed by atoms with E-state index in [1.54, 1.807) is 6.33 Å². The second-order valence-corrected chi connectivity index (χ2v) is 12.7. The van der Waals surface area contributed by atoms with E-state index in [0.717, 1.165) is 73.5 Å². The molecule has 1 saturated carbocycles. The molecule has 0 unspecified atom stereocenters. The number of aliphatic hydroxyl groups is 1. The van der Waals surface area contributed by atoms with E-state index in [2.05, 4.69) is 56.6 Å². The van der Waals surface area contributed by atoms with Gasteiger partial charge in [0.15, 0.2) is 5.65 Å². The first-order valence-electron chi connectivity index (χ1n) is 15.5. The fourth-order valence-electron chi connectivity index (χ4n) is 6.44. The van der Waals surface area contributed by atoms with E-state index in [1.165, 1.54) is 0 Å². The van der Waals surface area contributed by atoms with Gasteiger partial charge in [0.2, 0.25) is 5.91 Å². The van der Waals surface area contributed by atoms with Crippen LogP contribution in [0, 0.1) is 11.8 Å². The molecule has 2 fully saturated rings. The number of hydrogen-bond donors (Lipinski definition) is 1. The van der Waals surface area contributed by atoms with E-state index in [9.17, 15) is 9.90 Å². The lowest BCUT2D eigenvalue weighted by Gasteiger charge is -2.41. The molecule has 3 heterocycles. The number of β-amino-alcohol motifs (C(OH)–C–C–N with tert-alkyl or cyclic N) is 1. The third kappa shape index (κ3) is 7.03. The second kappa shape index (κ2) is 13.4. The molecule has 5 rings (SSSR count). The summed E-state index contributed by atoms with van der Waals surface area (Å²) in [4.78, 5) is 29.3. The van der Waals surface area contributed by atoms with Gasteiger partial charge >= 0.3 is 0 Å². The molecular formula is C32H47N7O3. The number of amides is 1. The van der Waals surface area contributed by atoms with E-state index < -0.39 is 0 Å².